The lowest BCUT2D eigenvalue weighted by Crippen LogP contribution is -2.20. The van der Waals surface area contributed by atoms with E-state index in [9.17, 15) is 0 Å². The van der Waals surface area contributed by atoms with Crippen LogP contribution in [0.1, 0.15) is 36.7 Å². The van der Waals surface area contributed by atoms with Crippen LogP contribution >= 0.6 is 0 Å². The first-order valence-corrected chi connectivity index (χ1v) is 7.12. The van der Waals surface area contributed by atoms with Crippen molar-refractivity contribution in [3.8, 4) is 5.75 Å². The molecule has 0 fully saturated rings. The molecule has 0 unspecified atom stereocenters. The maximum atomic E-state index is 5.80. The van der Waals surface area contributed by atoms with Crippen LogP contribution in [0.4, 0.5) is 0 Å². The molecule has 0 spiro atoms. The molecule has 0 saturated heterocycles. The zero-order chi connectivity index (χ0) is 14.4. The number of hydrogen-bond donors (Lipinski definition) is 1. The van der Waals surface area contributed by atoms with Crippen molar-refractivity contribution in [1.82, 2.24) is 5.32 Å². The number of nitrogens with one attached hydrogen (secondary N) is 1. The number of furan rings is 1. The molecule has 0 aliphatic heterocycles. The van der Waals surface area contributed by atoms with E-state index in [1.54, 1.807) is 6.26 Å². The van der Waals surface area contributed by atoms with Gasteiger partial charge in [0.1, 0.15) is 18.1 Å². The fourth-order valence-corrected chi connectivity index (χ4v) is 2.06. The maximum absolute atomic E-state index is 5.80. The van der Waals surface area contributed by atoms with E-state index in [-0.39, 0.29) is 0 Å². The Morgan fingerprint density at radius 2 is 2.10 bits per heavy atom. The van der Waals surface area contributed by atoms with Crippen LogP contribution in [0.3, 0.4) is 0 Å². The number of ether oxygens (including phenoxy) is 1. The van der Waals surface area contributed by atoms with E-state index >= 15 is 0 Å². The van der Waals surface area contributed by atoms with Crippen molar-refractivity contribution in [3.05, 3.63) is 53.5 Å². The standard InChI is InChI=1S/C17H23NO2/c1-13(2)15-9-14(3)10-17(11-15)20-8-6-18-12-16-5-4-7-19-16/h4-5,7,9-11,13,18H,6,8,12H2,1-3H3. The molecule has 0 radical (unpaired) electrons. The molecule has 108 valence electrons. The third-order valence-corrected chi connectivity index (χ3v) is 3.17. The largest absolute Gasteiger partial charge is 0.492 e. The minimum Gasteiger partial charge on any atom is -0.492 e. The molecule has 0 aliphatic carbocycles. The Kier molecular flexibility index (Phi) is 5.24. The second-order valence-electron chi connectivity index (χ2n) is 5.34. The molecule has 20 heavy (non-hydrogen) atoms. The van der Waals surface area contributed by atoms with E-state index in [4.69, 9.17) is 9.15 Å². The molecular weight excluding hydrogens is 250 g/mol. The van der Waals surface area contributed by atoms with Gasteiger partial charge in [-0.25, -0.2) is 0 Å². The SMILES string of the molecule is Cc1cc(OCCNCc2ccco2)cc(C(C)C)c1. The van der Waals surface area contributed by atoms with Gasteiger partial charge >= 0.3 is 0 Å². The minimum atomic E-state index is 0.523. The van der Waals surface area contributed by atoms with Crippen molar-refractivity contribution in [3.63, 3.8) is 0 Å². The van der Waals surface area contributed by atoms with E-state index < -0.39 is 0 Å². The normalized spacial score (nSPS) is 11.0. The molecular formula is C17H23NO2. The van der Waals surface area contributed by atoms with Crippen LogP contribution < -0.4 is 10.1 Å². The zero-order valence-electron chi connectivity index (χ0n) is 12.5. The van der Waals surface area contributed by atoms with Gasteiger partial charge in [0, 0.05) is 6.54 Å². The van der Waals surface area contributed by atoms with Crippen molar-refractivity contribution >= 4 is 0 Å². The summed E-state index contributed by atoms with van der Waals surface area (Å²) in [7, 11) is 0. The predicted molar refractivity (Wildman–Crippen MR) is 81.2 cm³/mol. The van der Waals surface area contributed by atoms with E-state index in [0.29, 0.717) is 12.5 Å². The van der Waals surface area contributed by atoms with Gasteiger partial charge in [-0.05, 0) is 48.2 Å². The summed E-state index contributed by atoms with van der Waals surface area (Å²) in [5.41, 5.74) is 2.57. The average molecular weight is 273 g/mol. The second-order valence-corrected chi connectivity index (χ2v) is 5.34. The Hall–Kier alpha value is -1.74. The summed E-state index contributed by atoms with van der Waals surface area (Å²) in [4.78, 5) is 0. The van der Waals surface area contributed by atoms with Crippen molar-refractivity contribution < 1.29 is 9.15 Å². The van der Waals surface area contributed by atoms with Crippen molar-refractivity contribution in [2.45, 2.75) is 33.2 Å². The monoisotopic (exact) mass is 273 g/mol. The number of rotatable bonds is 7. The average Bonchev–Trinajstić information content (AvgIpc) is 2.91. The summed E-state index contributed by atoms with van der Waals surface area (Å²) < 4.78 is 11.1. The highest BCUT2D eigenvalue weighted by Crippen LogP contribution is 2.22. The Morgan fingerprint density at radius 1 is 1.25 bits per heavy atom. The first-order valence-electron chi connectivity index (χ1n) is 7.12. The molecule has 0 bridgehead atoms. The van der Waals surface area contributed by atoms with Gasteiger partial charge in [-0.3, -0.25) is 0 Å². The molecule has 3 heteroatoms. The Balaban J connectivity index is 1.76. The minimum absolute atomic E-state index is 0.523. The molecule has 2 rings (SSSR count). The molecule has 2 aromatic rings. The molecule has 0 atom stereocenters. The van der Waals surface area contributed by atoms with E-state index in [2.05, 4.69) is 44.3 Å². The highest BCUT2D eigenvalue weighted by Gasteiger charge is 2.03. The lowest BCUT2D eigenvalue weighted by Gasteiger charge is -2.12. The van der Waals surface area contributed by atoms with E-state index in [0.717, 1.165) is 24.6 Å². The summed E-state index contributed by atoms with van der Waals surface area (Å²) in [6.45, 7) is 8.69. The van der Waals surface area contributed by atoms with Gasteiger partial charge in [0.2, 0.25) is 0 Å². The lowest BCUT2D eigenvalue weighted by molar-refractivity contribution is 0.310. The van der Waals surface area contributed by atoms with Gasteiger partial charge in [-0.15, -0.1) is 0 Å². The maximum Gasteiger partial charge on any atom is 0.119 e. The summed E-state index contributed by atoms with van der Waals surface area (Å²) in [6, 6.07) is 10.3. The van der Waals surface area contributed by atoms with Crippen LogP contribution in [0, 0.1) is 6.92 Å². The van der Waals surface area contributed by atoms with Crippen LogP contribution in [0.25, 0.3) is 0 Å². The van der Waals surface area contributed by atoms with Gasteiger partial charge in [-0.1, -0.05) is 19.9 Å². The van der Waals surface area contributed by atoms with Crippen molar-refractivity contribution in [1.29, 1.82) is 0 Å². The molecule has 1 aromatic heterocycles. The molecule has 0 aliphatic rings. The Bertz CT molecular complexity index is 518. The van der Waals surface area contributed by atoms with E-state index in [1.807, 2.05) is 12.1 Å². The number of hydrogen-bond acceptors (Lipinski definition) is 3. The topological polar surface area (TPSA) is 34.4 Å². The highest BCUT2D eigenvalue weighted by molar-refractivity contribution is 5.35. The summed E-state index contributed by atoms with van der Waals surface area (Å²) >= 11 is 0. The van der Waals surface area contributed by atoms with Crippen molar-refractivity contribution in [2.75, 3.05) is 13.2 Å². The van der Waals surface area contributed by atoms with Crippen molar-refractivity contribution in [2.24, 2.45) is 0 Å². The Morgan fingerprint density at radius 3 is 2.80 bits per heavy atom. The lowest BCUT2D eigenvalue weighted by atomic mass is 10.0. The number of aryl methyl sites for hydroxylation is 1. The molecule has 3 nitrogen and oxygen atoms in total. The molecule has 1 heterocycles. The molecule has 0 saturated carbocycles. The zero-order valence-corrected chi connectivity index (χ0v) is 12.5. The van der Waals surface area contributed by atoms with Gasteiger partial charge in [0.25, 0.3) is 0 Å². The smallest absolute Gasteiger partial charge is 0.119 e. The van der Waals surface area contributed by atoms with E-state index in [1.165, 1.54) is 11.1 Å². The quantitative estimate of drug-likeness (QED) is 0.777. The first-order chi connectivity index (χ1) is 9.65. The first kappa shape index (κ1) is 14.7. The highest BCUT2D eigenvalue weighted by atomic mass is 16.5. The van der Waals surface area contributed by atoms with Crippen LogP contribution in [0.15, 0.2) is 41.0 Å². The van der Waals surface area contributed by atoms with Crippen LogP contribution in [-0.4, -0.2) is 13.2 Å². The second kappa shape index (κ2) is 7.15. The number of benzene rings is 1. The molecule has 1 aromatic carbocycles. The van der Waals surface area contributed by atoms with Crippen LogP contribution in [0.2, 0.25) is 0 Å². The predicted octanol–water partition coefficient (Wildman–Crippen LogP) is 3.88. The molecule has 1 N–H and O–H groups in total. The van der Waals surface area contributed by atoms with Gasteiger partial charge in [0.15, 0.2) is 0 Å². The summed E-state index contributed by atoms with van der Waals surface area (Å²) in [5.74, 6) is 2.42. The van der Waals surface area contributed by atoms with Crippen LogP contribution in [-0.2, 0) is 6.54 Å². The fourth-order valence-electron chi connectivity index (χ4n) is 2.06. The van der Waals surface area contributed by atoms with Gasteiger partial charge < -0.3 is 14.5 Å². The Labute approximate surface area is 121 Å². The fraction of sp³-hybridized carbons (Fsp3) is 0.412. The van der Waals surface area contributed by atoms with Crippen LogP contribution in [0.5, 0.6) is 5.75 Å². The summed E-state index contributed by atoms with van der Waals surface area (Å²) in [5, 5.41) is 3.29. The third-order valence-electron chi connectivity index (χ3n) is 3.17. The summed E-state index contributed by atoms with van der Waals surface area (Å²) in [6.07, 6.45) is 1.69. The third kappa shape index (κ3) is 4.42. The van der Waals surface area contributed by atoms with Gasteiger partial charge in [-0.2, -0.15) is 0 Å². The molecule has 0 amide bonds. The van der Waals surface area contributed by atoms with Gasteiger partial charge in [0.05, 0.1) is 12.8 Å².